The number of amides is 1. The van der Waals surface area contributed by atoms with Crippen molar-refractivity contribution in [3.63, 3.8) is 0 Å². The Balaban J connectivity index is 1.71. The second-order valence-electron chi connectivity index (χ2n) is 8.13. The van der Waals surface area contributed by atoms with E-state index >= 15 is 0 Å². The summed E-state index contributed by atoms with van der Waals surface area (Å²) >= 11 is 0. The first-order chi connectivity index (χ1) is 11.5. The molecule has 1 saturated carbocycles. The summed E-state index contributed by atoms with van der Waals surface area (Å²) in [6, 6.07) is 2.24. The standard InChI is InChI=1S/C19H31N3O2/c1-13(2)16-10-18(24-20-16)19(23)22-9-5-8-21(11-15-6-7-15)17(12-22)14(3)4/h10,13-15,17H,5-9,11-12H2,1-4H3/t17-/m1/s1. The quantitative estimate of drug-likeness (QED) is 0.829. The lowest BCUT2D eigenvalue weighted by molar-refractivity contribution is 0.0664. The highest BCUT2D eigenvalue weighted by Gasteiger charge is 2.34. The minimum Gasteiger partial charge on any atom is -0.351 e. The Kier molecular flexibility index (Phi) is 5.28. The Morgan fingerprint density at radius 2 is 2.04 bits per heavy atom. The van der Waals surface area contributed by atoms with Gasteiger partial charge < -0.3 is 9.42 Å². The SMILES string of the molecule is CC(C)c1cc(C(=O)N2CCCN(CC3CC3)[C@@H](C(C)C)C2)on1. The molecule has 0 radical (unpaired) electrons. The molecule has 1 aromatic rings. The minimum atomic E-state index is -0.00618. The molecule has 2 fully saturated rings. The topological polar surface area (TPSA) is 49.6 Å². The van der Waals surface area contributed by atoms with Gasteiger partial charge in [-0.25, -0.2) is 0 Å². The highest BCUT2D eigenvalue weighted by Crippen LogP contribution is 2.32. The zero-order chi connectivity index (χ0) is 17.3. The molecule has 1 atom stereocenters. The zero-order valence-electron chi connectivity index (χ0n) is 15.5. The van der Waals surface area contributed by atoms with Crippen LogP contribution in [0, 0.1) is 11.8 Å². The smallest absolute Gasteiger partial charge is 0.292 e. The average molecular weight is 333 g/mol. The molecular formula is C19H31N3O2. The highest BCUT2D eigenvalue weighted by atomic mass is 16.5. The predicted molar refractivity (Wildman–Crippen MR) is 94.0 cm³/mol. The molecule has 1 amide bonds. The van der Waals surface area contributed by atoms with Gasteiger partial charge in [0.2, 0.25) is 5.76 Å². The normalized spacial score (nSPS) is 23.1. The fraction of sp³-hybridized carbons (Fsp3) is 0.789. The Morgan fingerprint density at radius 1 is 1.29 bits per heavy atom. The monoisotopic (exact) mass is 333 g/mol. The summed E-state index contributed by atoms with van der Waals surface area (Å²) in [6.07, 6.45) is 3.78. The number of nitrogens with zero attached hydrogens (tertiary/aromatic N) is 3. The molecule has 1 aliphatic heterocycles. The maximum atomic E-state index is 12.9. The molecule has 134 valence electrons. The summed E-state index contributed by atoms with van der Waals surface area (Å²) in [7, 11) is 0. The summed E-state index contributed by atoms with van der Waals surface area (Å²) in [5.41, 5.74) is 0.851. The van der Waals surface area contributed by atoms with Crippen molar-refractivity contribution in [1.82, 2.24) is 15.0 Å². The Labute approximate surface area is 145 Å². The second kappa shape index (κ2) is 7.26. The molecular weight excluding hydrogens is 302 g/mol. The van der Waals surface area contributed by atoms with Crippen molar-refractivity contribution in [3.05, 3.63) is 17.5 Å². The van der Waals surface area contributed by atoms with Gasteiger partial charge in [0.25, 0.3) is 5.91 Å². The van der Waals surface area contributed by atoms with Crippen LogP contribution in [-0.4, -0.2) is 53.1 Å². The maximum absolute atomic E-state index is 12.9. The second-order valence-corrected chi connectivity index (χ2v) is 8.13. The minimum absolute atomic E-state index is 0.00618. The van der Waals surface area contributed by atoms with E-state index in [1.54, 1.807) is 0 Å². The van der Waals surface area contributed by atoms with Crippen molar-refractivity contribution in [2.75, 3.05) is 26.2 Å². The average Bonchev–Trinajstić information content (AvgIpc) is 3.25. The zero-order valence-corrected chi connectivity index (χ0v) is 15.5. The van der Waals surface area contributed by atoms with E-state index in [-0.39, 0.29) is 11.8 Å². The molecule has 24 heavy (non-hydrogen) atoms. The first-order valence-electron chi connectivity index (χ1n) is 9.45. The summed E-state index contributed by atoms with van der Waals surface area (Å²) in [5, 5.41) is 4.04. The van der Waals surface area contributed by atoms with Crippen LogP contribution in [0.15, 0.2) is 10.6 Å². The Bertz CT molecular complexity index is 563. The summed E-state index contributed by atoms with van der Waals surface area (Å²) in [5.74, 6) is 2.08. The van der Waals surface area contributed by atoms with Gasteiger partial charge in [-0.3, -0.25) is 9.69 Å². The van der Waals surface area contributed by atoms with Crippen molar-refractivity contribution in [2.45, 2.75) is 58.9 Å². The van der Waals surface area contributed by atoms with Crippen LogP contribution in [0.5, 0.6) is 0 Å². The molecule has 1 aliphatic carbocycles. The fourth-order valence-corrected chi connectivity index (χ4v) is 3.56. The molecule has 0 aromatic carbocycles. The van der Waals surface area contributed by atoms with E-state index in [0.29, 0.717) is 17.7 Å². The first kappa shape index (κ1) is 17.5. The van der Waals surface area contributed by atoms with Crippen LogP contribution in [0.2, 0.25) is 0 Å². The highest BCUT2D eigenvalue weighted by molar-refractivity contribution is 5.91. The third kappa shape index (κ3) is 4.00. The van der Waals surface area contributed by atoms with E-state index in [0.717, 1.165) is 37.7 Å². The third-order valence-corrected chi connectivity index (χ3v) is 5.33. The molecule has 0 unspecified atom stereocenters. The van der Waals surface area contributed by atoms with Gasteiger partial charge in [0.1, 0.15) is 0 Å². The predicted octanol–water partition coefficient (Wildman–Crippen LogP) is 3.38. The van der Waals surface area contributed by atoms with Gasteiger partial charge in [0, 0.05) is 38.3 Å². The van der Waals surface area contributed by atoms with E-state index in [9.17, 15) is 4.79 Å². The van der Waals surface area contributed by atoms with Gasteiger partial charge in [0.05, 0.1) is 5.69 Å². The molecule has 0 bridgehead atoms. The van der Waals surface area contributed by atoms with Crippen LogP contribution in [0.25, 0.3) is 0 Å². The molecule has 1 saturated heterocycles. The van der Waals surface area contributed by atoms with E-state index in [2.05, 4.69) is 37.8 Å². The third-order valence-electron chi connectivity index (χ3n) is 5.33. The lowest BCUT2D eigenvalue weighted by Crippen LogP contribution is -2.46. The van der Waals surface area contributed by atoms with Crippen LogP contribution < -0.4 is 0 Å². The molecule has 0 spiro atoms. The first-order valence-corrected chi connectivity index (χ1v) is 9.45. The number of hydrogen-bond acceptors (Lipinski definition) is 4. The number of carbonyl (C=O) groups is 1. The lowest BCUT2D eigenvalue weighted by atomic mass is 10.0. The van der Waals surface area contributed by atoms with Crippen molar-refractivity contribution < 1.29 is 9.32 Å². The van der Waals surface area contributed by atoms with Crippen molar-refractivity contribution >= 4 is 5.91 Å². The van der Waals surface area contributed by atoms with Crippen LogP contribution in [0.4, 0.5) is 0 Å². The van der Waals surface area contributed by atoms with E-state index in [1.807, 2.05) is 11.0 Å². The van der Waals surface area contributed by atoms with Gasteiger partial charge in [-0.05, 0) is 37.0 Å². The number of hydrogen-bond donors (Lipinski definition) is 0. The van der Waals surface area contributed by atoms with E-state index in [4.69, 9.17) is 4.52 Å². The van der Waals surface area contributed by atoms with E-state index in [1.165, 1.54) is 19.4 Å². The number of carbonyl (C=O) groups excluding carboxylic acids is 1. The van der Waals surface area contributed by atoms with Crippen molar-refractivity contribution in [3.8, 4) is 0 Å². The molecule has 0 N–H and O–H groups in total. The van der Waals surface area contributed by atoms with Gasteiger partial charge in [-0.1, -0.05) is 32.9 Å². The fourth-order valence-electron chi connectivity index (χ4n) is 3.56. The number of rotatable bonds is 5. The molecule has 2 aliphatic rings. The van der Waals surface area contributed by atoms with E-state index < -0.39 is 0 Å². The van der Waals surface area contributed by atoms with Crippen LogP contribution in [0.3, 0.4) is 0 Å². The van der Waals surface area contributed by atoms with Crippen LogP contribution in [0.1, 0.15) is 69.1 Å². The van der Waals surface area contributed by atoms with Gasteiger partial charge in [-0.2, -0.15) is 0 Å². The van der Waals surface area contributed by atoms with Gasteiger partial charge >= 0.3 is 0 Å². The Morgan fingerprint density at radius 3 is 2.62 bits per heavy atom. The van der Waals surface area contributed by atoms with Crippen molar-refractivity contribution in [1.29, 1.82) is 0 Å². The molecule has 3 rings (SSSR count). The van der Waals surface area contributed by atoms with Crippen molar-refractivity contribution in [2.24, 2.45) is 11.8 Å². The molecule has 5 nitrogen and oxygen atoms in total. The molecule has 2 heterocycles. The van der Waals surface area contributed by atoms with Crippen LogP contribution in [-0.2, 0) is 0 Å². The molecule has 1 aromatic heterocycles. The summed E-state index contributed by atoms with van der Waals surface area (Å²) in [6.45, 7) is 12.5. The Hall–Kier alpha value is -1.36. The van der Waals surface area contributed by atoms with Gasteiger partial charge in [-0.15, -0.1) is 0 Å². The van der Waals surface area contributed by atoms with Crippen LogP contribution >= 0.6 is 0 Å². The number of aromatic nitrogens is 1. The summed E-state index contributed by atoms with van der Waals surface area (Å²) in [4.78, 5) is 17.5. The largest absolute Gasteiger partial charge is 0.351 e. The maximum Gasteiger partial charge on any atom is 0.292 e. The van der Waals surface area contributed by atoms with Gasteiger partial charge in [0.15, 0.2) is 0 Å². The summed E-state index contributed by atoms with van der Waals surface area (Å²) < 4.78 is 5.32. The molecule has 5 heteroatoms. The lowest BCUT2D eigenvalue weighted by Gasteiger charge is -2.34.